The number of aliphatic hydroxyl groups excluding tert-OH is 1. The second-order valence-corrected chi connectivity index (χ2v) is 4.60. The molecule has 1 atom stereocenters. The first-order valence-electron chi connectivity index (χ1n) is 5.57. The molecule has 4 heteroatoms. The second kappa shape index (κ2) is 5.04. The number of nitrogens with one attached hydrogen (secondary N) is 1. The lowest BCUT2D eigenvalue weighted by Gasteiger charge is -2.26. The first-order valence-corrected chi connectivity index (χ1v) is 5.95. The van der Waals surface area contributed by atoms with Gasteiger partial charge in [0.25, 0.3) is 0 Å². The van der Waals surface area contributed by atoms with E-state index in [0.717, 1.165) is 29.4 Å². The zero-order chi connectivity index (χ0) is 11.5. The molecule has 1 heterocycles. The second-order valence-electron chi connectivity index (χ2n) is 4.19. The van der Waals surface area contributed by atoms with Crippen molar-refractivity contribution in [3.05, 3.63) is 28.8 Å². The summed E-state index contributed by atoms with van der Waals surface area (Å²) in [5.74, 6) is 0. The van der Waals surface area contributed by atoms with Crippen molar-refractivity contribution in [1.82, 2.24) is 5.32 Å². The first kappa shape index (κ1) is 11.7. The van der Waals surface area contributed by atoms with E-state index >= 15 is 0 Å². The Morgan fingerprint density at radius 1 is 1.50 bits per heavy atom. The van der Waals surface area contributed by atoms with Gasteiger partial charge in [-0.15, -0.1) is 0 Å². The van der Waals surface area contributed by atoms with Gasteiger partial charge >= 0.3 is 0 Å². The van der Waals surface area contributed by atoms with Gasteiger partial charge in [-0.3, -0.25) is 0 Å². The zero-order valence-corrected chi connectivity index (χ0v) is 10.2. The minimum absolute atomic E-state index is 0.319. The number of hydrogen-bond donors (Lipinski definition) is 2. The van der Waals surface area contributed by atoms with Crippen LogP contribution in [0.15, 0.2) is 18.2 Å². The molecule has 0 radical (unpaired) electrons. The van der Waals surface area contributed by atoms with Crippen LogP contribution in [0.4, 0.5) is 5.69 Å². The molecule has 0 aromatic heterocycles. The molecule has 0 amide bonds. The molecule has 0 spiro atoms. The van der Waals surface area contributed by atoms with Crippen LogP contribution in [-0.4, -0.2) is 37.4 Å². The summed E-state index contributed by atoms with van der Waals surface area (Å²) in [6.07, 6.45) is -0.319. The van der Waals surface area contributed by atoms with E-state index in [2.05, 4.69) is 16.3 Å². The largest absolute Gasteiger partial charge is 0.390 e. The molecule has 1 aromatic rings. The molecule has 1 unspecified atom stereocenters. The lowest BCUT2D eigenvalue weighted by Crippen LogP contribution is -2.33. The van der Waals surface area contributed by atoms with Crippen molar-refractivity contribution in [2.24, 2.45) is 0 Å². The summed E-state index contributed by atoms with van der Waals surface area (Å²) in [5, 5.41) is 13.7. The maximum Gasteiger partial charge on any atom is 0.0839 e. The number of aliphatic hydroxyl groups is 1. The fourth-order valence-electron chi connectivity index (χ4n) is 2.05. The van der Waals surface area contributed by atoms with Crippen LogP contribution in [-0.2, 0) is 0 Å². The monoisotopic (exact) mass is 240 g/mol. The van der Waals surface area contributed by atoms with E-state index in [1.807, 2.05) is 19.1 Å². The fraction of sp³-hybridized carbons (Fsp3) is 0.500. The fourth-order valence-corrected chi connectivity index (χ4v) is 2.22. The molecule has 0 aliphatic carbocycles. The van der Waals surface area contributed by atoms with Gasteiger partial charge in [0.15, 0.2) is 0 Å². The predicted molar refractivity (Wildman–Crippen MR) is 67.3 cm³/mol. The molecule has 2 rings (SSSR count). The molecule has 88 valence electrons. The number of anilines is 1. The van der Waals surface area contributed by atoms with Gasteiger partial charge in [0.2, 0.25) is 0 Å². The average molecular weight is 241 g/mol. The van der Waals surface area contributed by atoms with Gasteiger partial charge in [0.1, 0.15) is 0 Å². The van der Waals surface area contributed by atoms with Gasteiger partial charge in [-0.2, -0.15) is 0 Å². The Labute approximate surface area is 101 Å². The Morgan fingerprint density at radius 3 is 3.12 bits per heavy atom. The van der Waals surface area contributed by atoms with Crippen LogP contribution < -0.4 is 10.2 Å². The lowest BCUT2D eigenvalue weighted by molar-refractivity contribution is 0.185. The van der Waals surface area contributed by atoms with Crippen LogP contribution in [0.25, 0.3) is 0 Å². The van der Waals surface area contributed by atoms with Crippen molar-refractivity contribution in [3.63, 3.8) is 0 Å². The van der Waals surface area contributed by atoms with Crippen molar-refractivity contribution in [3.8, 4) is 0 Å². The molecular formula is C12H17ClN2O. The number of β-amino-alcohol motifs (C(OH)–C–C–N with tert-alkyl or cyclic N) is 1. The number of halogens is 1. The van der Waals surface area contributed by atoms with E-state index in [1.54, 1.807) is 0 Å². The third-order valence-corrected chi connectivity index (χ3v) is 3.36. The zero-order valence-electron chi connectivity index (χ0n) is 9.41. The molecular weight excluding hydrogens is 224 g/mol. The van der Waals surface area contributed by atoms with Crippen molar-refractivity contribution in [1.29, 1.82) is 0 Å². The Hall–Kier alpha value is -0.770. The van der Waals surface area contributed by atoms with Gasteiger partial charge in [0.05, 0.1) is 6.10 Å². The highest BCUT2D eigenvalue weighted by Crippen LogP contribution is 2.26. The summed E-state index contributed by atoms with van der Waals surface area (Å²) in [4.78, 5) is 2.19. The van der Waals surface area contributed by atoms with Crippen molar-refractivity contribution < 1.29 is 5.11 Å². The maximum atomic E-state index is 9.74. The average Bonchev–Trinajstić information content (AvgIpc) is 2.47. The van der Waals surface area contributed by atoms with Crippen LogP contribution in [0, 0.1) is 6.92 Å². The minimum atomic E-state index is -0.319. The van der Waals surface area contributed by atoms with Gasteiger partial charge in [-0.1, -0.05) is 17.7 Å². The highest BCUT2D eigenvalue weighted by Gasteiger charge is 2.17. The number of hydrogen-bond acceptors (Lipinski definition) is 3. The molecule has 0 saturated carbocycles. The summed E-state index contributed by atoms with van der Waals surface area (Å²) >= 11 is 6.11. The number of rotatable bonds is 1. The van der Waals surface area contributed by atoms with Gasteiger partial charge in [-0.05, 0) is 24.6 Å². The molecule has 0 bridgehead atoms. The van der Waals surface area contributed by atoms with Crippen molar-refractivity contribution in [2.75, 3.05) is 31.1 Å². The lowest BCUT2D eigenvalue weighted by atomic mass is 10.1. The molecule has 16 heavy (non-hydrogen) atoms. The van der Waals surface area contributed by atoms with Gasteiger partial charge in [-0.25, -0.2) is 0 Å². The summed E-state index contributed by atoms with van der Waals surface area (Å²) in [6, 6.07) is 5.90. The maximum absolute atomic E-state index is 9.74. The molecule has 1 saturated heterocycles. The first-order chi connectivity index (χ1) is 7.68. The van der Waals surface area contributed by atoms with E-state index in [-0.39, 0.29) is 6.10 Å². The van der Waals surface area contributed by atoms with Crippen LogP contribution in [0.5, 0.6) is 0 Å². The van der Waals surface area contributed by atoms with E-state index in [4.69, 9.17) is 11.6 Å². The number of nitrogens with zero attached hydrogens (tertiary/aromatic N) is 1. The SMILES string of the molecule is Cc1c(Cl)cccc1N1CCNCC(O)C1. The predicted octanol–water partition coefficient (Wildman–Crippen LogP) is 1.42. The Bertz CT molecular complexity index is 370. The highest BCUT2D eigenvalue weighted by atomic mass is 35.5. The van der Waals surface area contributed by atoms with Crippen LogP contribution in [0.1, 0.15) is 5.56 Å². The van der Waals surface area contributed by atoms with E-state index in [0.29, 0.717) is 13.1 Å². The van der Waals surface area contributed by atoms with E-state index in [1.165, 1.54) is 0 Å². The standard InChI is InChI=1S/C12H17ClN2O/c1-9-11(13)3-2-4-12(9)15-6-5-14-7-10(16)8-15/h2-4,10,14,16H,5-8H2,1H3. The summed E-state index contributed by atoms with van der Waals surface area (Å²) < 4.78 is 0. The van der Waals surface area contributed by atoms with E-state index in [9.17, 15) is 5.11 Å². The highest BCUT2D eigenvalue weighted by molar-refractivity contribution is 6.31. The van der Waals surface area contributed by atoms with Crippen LogP contribution in [0.2, 0.25) is 5.02 Å². The smallest absolute Gasteiger partial charge is 0.0839 e. The van der Waals surface area contributed by atoms with E-state index < -0.39 is 0 Å². The quantitative estimate of drug-likeness (QED) is 0.780. The molecule has 1 aliphatic heterocycles. The minimum Gasteiger partial charge on any atom is -0.390 e. The summed E-state index contributed by atoms with van der Waals surface area (Å²) in [7, 11) is 0. The molecule has 1 aliphatic rings. The third kappa shape index (κ3) is 2.48. The van der Waals surface area contributed by atoms with Gasteiger partial charge < -0.3 is 15.3 Å². The Kier molecular flexibility index (Phi) is 3.69. The number of benzene rings is 1. The Morgan fingerprint density at radius 2 is 2.31 bits per heavy atom. The van der Waals surface area contributed by atoms with Gasteiger partial charge in [0, 0.05) is 36.9 Å². The van der Waals surface area contributed by atoms with Crippen LogP contribution in [0.3, 0.4) is 0 Å². The third-order valence-electron chi connectivity index (χ3n) is 2.95. The van der Waals surface area contributed by atoms with Crippen molar-refractivity contribution in [2.45, 2.75) is 13.0 Å². The van der Waals surface area contributed by atoms with Crippen molar-refractivity contribution >= 4 is 17.3 Å². The molecule has 1 aromatic carbocycles. The normalized spacial score (nSPS) is 21.9. The topological polar surface area (TPSA) is 35.5 Å². The molecule has 1 fully saturated rings. The Balaban J connectivity index is 2.24. The molecule has 3 nitrogen and oxygen atoms in total. The van der Waals surface area contributed by atoms with Crippen LogP contribution >= 0.6 is 11.6 Å². The molecule has 2 N–H and O–H groups in total. The summed E-state index contributed by atoms with van der Waals surface area (Å²) in [6.45, 7) is 5.13. The summed E-state index contributed by atoms with van der Waals surface area (Å²) in [5.41, 5.74) is 2.20.